The molecule has 0 radical (unpaired) electrons. The molecule has 1 fully saturated rings. The quantitative estimate of drug-likeness (QED) is 0.683. The highest BCUT2D eigenvalue weighted by Crippen LogP contribution is 2.25. The van der Waals surface area contributed by atoms with Crippen LogP contribution in [0.2, 0.25) is 0 Å². The Hall–Kier alpha value is -2.85. The number of carbonyl (C=O) groups is 1. The molecule has 2 aromatic carbocycles. The lowest BCUT2D eigenvalue weighted by molar-refractivity contribution is -0.113. The third-order valence-corrected chi connectivity index (χ3v) is 5.56. The molecule has 1 heterocycles. The fourth-order valence-corrected chi connectivity index (χ4v) is 3.57. The molecule has 3 rings (SSSR count). The number of rotatable bonds is 5. The third kappa shape index (κ3) is 5.19. The minimum absolute atomic E-state index is 0.153. The first-order chi connectivity index (χ1) is 14.2. The van der Waals surface area contributed by atoms with E-state index in [4.69, 9.17) is 0 Å². The van der Waals surface area contributed by atoms with Crippen molar-refractivity contribution in [1.29, 1.82) is 0 Å². The van der Waals surface area contributed by atoms with Crippen LogP contribution in [-0.4, -0.2) is 58.0 Å². The highest BCUT2D eigenvalue weighted by molar-refractivity contribution is 6.14. The largest absolute Gasteiger partial charge is 0.378 e. The fourth-order valence-electron chi connectivity index (χ4n) is 3.57. The number of hydrogen-bond donors (Lipinski definition) is 0. The van der Waals surface area contributed by atoms with E-state index in [1.54, 1.807) is 0 Å². The number of benzene rings is 2. The van der Waals surface area contributed by atoms with E-state index in [0.717, 1.165) is 33.6 Å². The minimum Gasteiger partial charge on any atom is -0.378 e. The molecule has 30 heavy (non-hydrogen) atoms. The number of anilines is 2. The van der Waals surface area contributed by atoms with Gasteiger partial charge in [0.1, 0.15) is 0 Å². The summed E-state index contributed by atoms with van der Waals surface area (Å²) in [5.74, 6) is 0.153. The summed E-state index contributed by atoms with van der Waals surface area (Å²) in [5, 5.41) is 0. The molecule has 0 aliphatic carbocycles. The summed E-state index contributed by atoms with van der Waals surface area (Å²) >= 11 is 0. The molecule has 0 amide bonds. The Morgan fingerprint density at radius 2 is 1.10 bits per heavy atom. The first-order valence-electron chi connectivity index (χ1n) is 10.5. The number of ketones is 1. The van der Waals surface area contributed by atoms with Gasteiger partial charge in [0.15, 0.2) is 5.78 Å². The number of likely N-dealkylation sites (tertiary alicyclic amines) is 1. The highest BCUT2D eigenvalue weighted by Gasteiger charge is 2.27. The number of carbonyl (C=O) groups excluding carboxylic acids is 1. The zero-order chi connectivity index (χ0) is 21.8. The van der Waals surface area contributed by atoms with Crippen molar-refractivity contribution in [2.75, 3.05) is 51.1 Å². The first-order valence-corrected chi connectivity index (χ1v) is 10.5. The van der Waals surface area contributed by atoms with Crippen molar-refractivity contribution >= 4 is 29.3 Å². The van der Waals surface area contributed by atoms with Gasteiger partial charge in [-0.05, 0) is 61.4 Å². The molecular weight excluding hydrogens is 370 g/mol. The van der Waals surface area contributed by atoms with Crippen molar-refractivity contribution in [3.05, 3.63) is 70.8 Å². The molecule has 0 unspecified atom stereocenters. The molecule has 0 aromatic heterocycles. The second kappa shape index (κ2) is 9.31. The number of hydrogen-bond acceptors (Lipinski definition) is 4. The lowest BCUT2D eigenvalue weighted by atomic mass is 9.93. The average molecular weight is 404 g/mol. The van der Waals surface area contributed by atoms with E-state index in [1.807, 2.05) is 40.3 Å². The molecule has 0 bridgehead atoms. The van der Waals surface area contributed by atoms with Crippen molar-refractivity contribution in [2.24, 2.45) is 0 Å². The zero-order valence-electron chi connectivity index (χ0n) is 19.0. The lowest BCUT2D eigenvalue weighted by Crippen LogP contribution is -2.41. The monoisotopic (exact) mass is 403 g/mol. The van der Waals surface area contributed by atoms with Gasteiger partial charge in [-0.25, -0.2) is 0 Å². The van der Waals surface area contributed by atoms with Crippen LogP contribution in [-0.2, 0) is 4.79 Å². The van der Waals surface area contributed by atoms with Crippen LogP contribution in [0.25, 0.3) is 12.2 Å². The predicted octanol–water partition coefficient (Wildman–Crippen LogP) is 4.58. The summed E-state index contributed by atoms with van der Waals surface area (Å²) in [6, 6.07) is 17.0. The molecule has 0 N–H and O–H groups in total. The summed E-state index contributed by atoms with van der Waals surface area (Å²) < 4.78 is 0. The Morgan fingerprint density at radius 1 is 0.733 bits per heavy atom. The average Bonchev–Trinajstić information content (AvgIpc) is 2.71. The summed E-state index contributed by atoms with van der Waals surface area (Å²) in [7, 11) is 8.11. The lowest BCUT2D eigenvalue weighted by Gasteiger charge is -2.32. The van der Waals surface area contributed by atoms with Crippen LogP contribution in [0.15, 0.2) is 59.7 Å². The fraction of sp³-hybridized carbons (Fsp3) is 0.346. The third-order valence-electron chi connectivity index (χ3n) is 5.56. The van der Waals surface area contributed by atoms with Crippen LogP contribution in [0.3, 0.4) is 0 Å². The van der Waals surface area contributed by atoms with Gasteiger partial charge >= 0.3 is 0 Å². The van der Waals surface area contributed by atoms with Crippen molar-refractivity contribution in [3.8, 4) is 0 Å². The molecule has 4 heteroatoms. The maximum Gasteiger partial charge on any atom is 0.187 e. The van der Waals surface area contributed by atoms with Crippen LogP contribution < -0.4 is 9.80 Å². The van der Waals surface area contributed by atoms with Crippen molar-refractivity contribution in [1.82, 2.24) is 4.90 Å². The van der Waals surface area contributed by atoms with E-state index >= 15 is 0 Å². The molecule has 4 nitrogen and oxygen atoms in total. The second-order valence-electron chi connectivity index (χ2n) is 8.64. The van der Waals surface area contributed by atoms with Crippen molar-refractivity contribution in [3.63, 3.8) is 0 Å². The number of piperidine rings is 1. The van der Waals surface area contributed by atoms with Crippen LogP contribution >= 0.6 is 0 Å². The van der Waals surface area contributed by atoms with E-state index in [0.29, 0.717) is 19.1 Å². The molecule has 1 saturated heterocycles. The maximum atomic E-state index is 13.3. The Kier molecular flexibility index (Phi) is 6.78. The van der Waals surface area contributed by atoms with Gasteiger partial charge in [0, 0.05) is 69.8 Å². The smallest absolute Gasteiger partial charge is 0.187 e. The van der Waals surface area contributed by atoms with Gasteiger partial charge in [0.2, 0.25) is 0 Å². The summed E-state index contributed by atoms with van der Waals surface area (Å²) in [6.07, 6.45) is 4.08. The number of nitrogens with zero attached hydrogens (tertiary/aromatic N) is 3. The first kappa shape index (κ1) is 21.8. The van der Waals surface area contributed by atoms with Gasteiger partial charge in [0.05, 0.1) is 0 Å². The summed E-state index contributed by atoms with van der Waals surface area (Å²) in [4.78, 5) is 19.8. The Morgan fingerprint density at radius 3 is 1.40 bits per heavy atom. The van der Waals surface area contributed by atoms with Gasteiger partial charge in [0.25, 0.3) is 0 Å². The maximum absolute atomic E-state index is 13.3. The SMILES string of the molecule is CC(C)N1C/C(=C/c2ccc(N(C)C)cc2)C(=O)/C(=C/c2ccc(N(C)C)cc2)C1. The molecule has 1 aliphatic rings. The van der Waals surface area contributed by atoms with Crippen LogP contribution in [0, 0.1) is 0 Å². The highest BCUT2D eigenvalue weighted by atomic mass is 16.1. The van der Waals surface area contributed by atoms with E-state index in [1.165, 1.54) is 0 Å². The number of Topliss-reactive ketones (excluding diaryl/α,β-unsaturated/α-hetero) is 1. The minimum atomic E-state index is 0.153. The molecule has 0 saturated carbocycles. The van der Waals surface area contributed by atoms with Gasteiger partial charge in [-0.15, -0.1) is 0 Å². The van der Waals surface area contributed by atoms with Crippen molar-refractivity contribution in [2.45, 2.75) is 19.9 Å². The Labute approximate surface area is 181 Å². The summed E-state index contributed by atoms with van der Waals surface area (Å²) in [5.41, 5.74) is 6.12. The van der Waals surface area contributed by atoms with Gasteiger partial charge in [-0.2, -0.15) is 0 Å². The predicted molar refractivity (Wildman–Crippen MR) is 129 cm³/mol. The van der Waals surface area contributed by atoms with Gasteiger partial charge in [-0.1, -0.05) is 24.3 Å². The normalized spacial score (nSPS) is 17.8. The van der Waals surface area contributed by atoms with Gasteiger partial charge < -0.3 is 9.80 Å². The Bertz CT molecular complexity index is 862. The molecule has 0 spiro atoms. The molecule has 1 aliphatic heterocycles. The van der Waals surface area contributed by atoms with Gasteiger partial charge in [-0.3, -0.25) is 9.69 Å². The van der Waals surface area contributed by atoms with E-state index < -0.39 is 0 Å². The van der Waals surface area contributed by atoms with E-state index in [9.17, 15) is 4.79 Å². The zero-order valence-corrected chi connectivity index (χ0v) is 19.0. The van der Waals surface area contributed by atoms with Crippen molar-refractivity contribution < 1.29 is 4.79 Å². The van der Waals surface area contributed by atoms with Crippen LogP contribution in [0.1, 0.15) is 25.0 Å². The van der Waals surface area contributed by atoms with Crippen LogP contribution in [0.5, 0.6) is 0 Å². The van der Waals surface area contributed by atoms with Crippen LogP contribution in [0.4, 0.5) is 11.4 Å². The molecular formula is C26H33N3O. The molecule has 2 aromatic rings. The second-order valence-corrected chi connectivity index (χ2v) is 8.64. The Balaban J connectivity index is 1.91. The standard InChI is InChI=1S/C26H33N3O/c1-19(2)29-17-22(15-20-7-11-24(12-8-20)27(3)4)26(30)23(18-29)16-21-9-13-25(14-10-21)28(5)6/h7-16,19H,17-18H2,1-6H3/b22-15-,23-16+. The molecule has 158 valence electrons. The summed E-state index contributed by atoms with van der Waals surface area (Å²) in [6.45, 7) is 5.73. The topological polar surface area (TPSA) is 26.8 Å². The molecule has 0 atom stereocenters. The van der Waals surface area contributed by atoms with E-state index in [2.05, 4.69) is 77.1 Å². The van der Waals surface area contributed by atoms with E-state index in [-0.39, 0.29) is 5.78 Å².